The van der Waals surface area contributed by atoms with Gasteiger partial charge in [0.1, 0.15) is 0 Å². The van der Waals surface area contributed by atoms with Crippen molar-refractivity contribution in [1.82, 2.24) is 5.32 Å². The van der Waals surface area contributed by atoms with Gasteiger partial charge in [-0.1, -0.05) is 25.5 Å². The third-order valence-corrected chi connectivity index (χ3v) is 3.93. The Kier molecular flexibility index (Phi) is 5.86. The second-order valence-electron chi connectivity index (χ2n) is 5.84. The summed E-state index contributed by atoms with van der Waals surface area (Å²) in [7, 11) is 0. The normalized spacial score (nSPS) is 14.6. The predicted octanol–water partition coefficient (Wildman–Crippen LogP) is 2.85. The molecule has 0 radical (unpaired) electrons. The summed E-state index contributed by atoms with van der Waals surface area (Å²) >= 11 is 0. The topological polar surface area (TPSA) is 35.5 Å². The molecule has 3 heteroatoms. The predicted molar refractivity (Wildman–Crippen MR) is 85.2 cm³/mol. The van der Waals surface area contributed by atoms with Crippen LogP contribution < -0.4 is 10.2 Å². The van der Waals surface area contributed by atoms with Gasteiger partial charge in [-0.25, -0.2) is 0 Å². The zero-order chi connectivity index (χ0) is 14.4. The second-order valence-corrected chi connectivity index (χ2v) is 5.84. The third kappa shape index (κ3) is 4.50. The van der Waals surface area contributed by atoms with Crippen molar-refractivity contribution in [3.8, 4) is 0 Å². The number of benzene rings is 1. The zero-order valence-corrected chi connectivity index (χ0v) is 12.9. The highest BCUT2D eigenvalue weighted by molar-refractivity contribution is 5.54. The highest BCUT2D eigenvalue weighted by Crippen LogP contribution is 2.23. The van der Waals surface area contributed by atoms with Gasteiger partial charge in [0.25, 0.3) is 0 Å². The lowest BCUT2D eigenvalue weighted by Gasteiger charge is -2.26. The molecule has 20 heavy (non-hydrogen) atoms. The van der Waals surface area contributed by atoms with Crippen molar-refractivity contribution in [1.29, 1.82) is 0 Å². The molecule has 1 aliphatic carbocycles. The smallest absolute Gasteiger partial charge is 0.0606 e. The summed E-state index contributed by atoms with van der Waals surface area (Å²) in [4.78, 5) is 2.30. The molecule has 0 aliphatic heterocycles. The SMILES string of the molecule is CCCCN(CCO)c1ccc(CNC2CC2)cc1C. The van der Waals surface area contributed by atoms with Gasteiger partial charge in [0.15, 0.2) is 0 Å². The van der Waals surface area contributed by atoms with Crippen LogP contribution in [0.5, 0.6) is 0 Å². The summed E-state index contributed by atoms with van der Waals surface area (Å²) in [5.74, 6) is 0. The van der Waals surface area contributed by atoms with Crippen LogP contribution in [0.25, 0.3) is 0 Å². The molecule has 0 heterocycles. The van der Waals surface area contributed by atoms with Crippen LogP contribution in [0, 0.1) is 6.92 Å². The van der Waals surface area contributed by atoms with Crippen LogP contribution in [0.3, 0.4) is 0 Å². The minimum Gasteiger partial charge on any atom is -0.395 e. The van der Waals surface area contributed by atoms with Crippen LogP contribution in [0.15, 0.2) is 18.2 Å². The summed E-state index contributed by atoms with van der Waals surface area (Å²) in [6.07, 6.45) is 5.02. The van der Waals surface area contributed by atoms with Crippen LogP contribution in [-0.4, -0.2) is 30.8 Å². The van der Waals surface area contributed by atoms with Gasteiger partial charge in [0.05, 0.1) is 6.61 Å². The van der Waals surface area contributed by atoms with Gasteiger partial charge < -0.3 is 15.3 Å². The molecule has 1 saturated carbocycles. The van der Waals surface area contributed by atoms with E-state index in [2.05, 4.69) is 42.3 Å². The number of unbranched alkanes of at least 4 members (excludes halogenated alkanes) is 1. The molecule has 2 N–H and O–H groups in total. The molecular weight excluding hydrogens is 248 g/mol. The Hall–Kier alpha value is -1.06. The van der Waals surface area contributed by atoms with Crippen molar-refractivity contribution in [2.75, 3.05) is 24.6 Å². The highest BCUT2D eigenvalue weighted by atomic mass is 16.3. The maximum Gasteiger partial charge on any atom is 0.0606 e. The molecule has 3 nitrogen and oxygen atoms in total. The van der Waals surface area contributed by atoms with Crippen LogP contribution in [-0.2, 0) is 6.54 Å². The molecule has 1 fully saturated rings. The number of rotatable bonds is 9. The lowest BCUT2D eigenvalue weighted by atomic mass is 10.1. The Morgan fingerprint density at radius 2 is 2.10 bits per heavy atom. The van der Waals surface area contributed by atoms with Gasteiger partial charge in [-0.15, -0.1) is 0 Å². The minimum absolute atomic E-state index is 0.216. The Bertz CT molecular complexity index is 415. The maximum absolute atomic E-state index is 9.24. The molecule has 2 rings (SSSR count). The number of hydrogen-bond donors (Lipinski definition) is 2. The molecule has 0 unspecified atom stereocenters. The lowest BCUT2D eigenvalue weighted by molar-refractivity contribution is 0.301. The first-order chi connectivity index (χ1) is 9.74. The van der Waals surface area contributed by atoms with Crippen molar-refractivity contribution in [3.63, 3.8) is 0 Å². The van der Waals surface area contributed by atoms with E-state index in [1.54, 1.807) is 0 Å². The molecule has 1 aliphatic rings. The van der Waals surface area contributed by atoms with Crippen LogP contribution in [0.4, 0.5) is 5.69 Å². The van der Waals surface area contributed by atoms with E-state index in [9.17, 15) is 5.11 Å². The molecule has 1 aromatic rings. The molecule has 0 aromatic heterocycles. The first-order valence-corrected chi connectivity index (χ1v) is 7.93. The molecule has 0 amide bonds. The number of aliphatic hydroxyl groups excluding tert-OH is 1. The van der Waals surface area contributed by atoms with Crippen molar-refractivity contribution in [2.24, 2.45) is 0 Å². The molecular formula is C17H28N2O. The average Bonchev–Trinajstić information content (AvgIpc) is 3.26. The van der Waals surface area contributed by atoms with Crippen molar-refractivity contribution < 1.29 is 5.11 Å². The Morgan fingerprint density at radius 3 is 2.70 bits per heavy atom. The Labute approximate surface area is 123 Å². The first-order valence-electron chi connectivity index (χ1n) is 7.93. The number of aryl methyl sites for hydroxylation is 1. The monoisotopic (exact) mass is 276 g/mol. The summed E-state index contributed by atoms with van der Waals surface area (Å²) < 4.78 is 0. The van der Waals surface area contributed by atoms with E-state index in [1.165, 1.54) is 42.5 Å². The average molecular weight is 276 g/mol. The quantitative estimate of drug-likeness (QED) is 0.728. The van der Waals surface area contributed by atoms with Gasteiger partial charge >= 0.3 is 0 Å². The summed E-state index contributed by atoms with van der Waals surface area (Å²) in [5, 5.41) is 12.8. The fourth-order valence-corrected chi connectivity index (χ4v) is 2.55. The van der Waals surface area contributed by atoms with Crippen LogP contribution >= 0.6 is 0 Å². The Balaban J connectivity index is 2.00. The van der Waals surface area contributed by atoms with Crippen molar-refractivity contribution in [3.05, 3.63) is 29.3 Å². The second kappa shape index (κ2) is 7.65. The van der Waals surface area contributed by atoms with E-state index in [1.807, 2.05) is 0 Å². The van der Waals surface area contributed by atoms with Crippen molar-refractivity contribution >= 4 is 5.69 Å². The number of hydrogen-bond acceptors (Lipinski definition) is 3. The molecule has 1 aromatic carbocycles. The standard InChI is InChI=1S/C17H28N2O/c1-3-4-9-19(10-11-20)17-8-5-15(12-14(17)2)13-18-16-6-7-16/h5,8,12,16,18,20H,3-4,6-7,9-11,13H2,1-2H3. The van der Waals surface area contributed by atoms with Gasteiger partial charge in [-0.05, 0) is 43.4 Å². The maximum atomic E-state index is 9.24. The summed E-state index contributed by atoms with van der Waals surface area (Å²) in [5.41, 5.74) is 3.94. The largest absolute Gasteiger partial charge is 0.395 e. The fraction of sp³-hybridized carbons (Fsp3) is 0.647. The zero-order valence-electron chi connectivity index (χ0n) is 12.9. The van der Waals surface area contributed by atoms with Gasteiger partial charge in [0, 0.05) is 31.4 Å². The van der Waals surface area contributed by atoms with E-state index in [4.69, 9.17) is 0 Å². The summed E-state index contributed by atoms with van der Waals surface area (Å²) in [6, 6.07) is 7.46. The van der Waals surface area contributed by atoms with Crippen LogP contribution in [0.1, 0.15) is 43.7 Å². The third-order valence-electron chi connectivity index (χ3n) is 3.93. The van der Waals surface area contributed by atoms with Crippen LogP contribution in [0.2, 0.25) is 0 Å². The highest BCUT2D eigenvalue weighted by Gasteiger charge is 2.20. The van der Waals surface area contributed by atoms with Gasteiger partial charge in [0.2, 0.25) is 0 Å². The van der Waals surface area contributed by atoms with E-state index in [0.717, 1.165) is 25.7 Å². The van der Waals surface area contributed by atoms with Gasteiger partial charge in [-0.3, -0.25) is 0 Å². The van der Waals surface area contributed by atoms with E-state index in [-0.39, 0.29) is 6.61 Å². The summed E-state index contributed by atoms with van der Waals surface area (Å²) in [6.45, 7) is 7.32. The Morgan fingerprint density at radius 1 is 1.30 bits per heavy atom. The number of nitrogens with zero attached hydrogens (tertiary/aromatic N) is 1. The molecule has 0 bridgehead atoms. The van der Waals surface area contributed by atoms with E-state index >= 15 is 0 Å². The molecule has 112 valence electrons. The molecule has 0 saturated heterocycles. The number of aliphatic hydroxyl groups is 1. The van der Waals surface area contributed by atoms with Crippen molar-refractivity contribution in [2.45, 2.75) is 52.1 Å². The first kappa shape index (κ1) is 15.3. The van der Waals surface area contributed by atoms with E-state index in [0.29, 0.717) is 0 Å². The number of nitrogens with one attached hydrogen (secondary N) is 1. The number of anilines is 1. The molecule has 0 spiro atoms. The van der Waals surface area contributed by atoms with E-state index < -0.39 is 0 Å². The lowest BCUT2D eigenvalue weighted by Crippen LogP contribution is -2.28. The minimum atomic E-state index is 0.216. The molecule has 0 atom stereocenters. The fourth-order valence-electron chi connectivity index (χ4n) is 2.55. The van der Waals surface area contributed by atoms with Gasteiger partial charge in [-0.2, -0.15) is 0 Å².